The van der Waals surface area contributed by atoms with Gasteiger partial charge in [-0.15, -0.1) is 0 Å². The van der Waals surface area contributed by atoms with E-state index in [0.717, 1.165) is 12.8 Å². The molecule has 0 amide bonds. The minimum atomic E-state index is -1.79. The van der Waals surface area contributed by atoms with Gasteiger partial charge in [0.05, 0.1) is 6.42 Å². The standard InChI is InChI=1S/C4H6O5.C4H10O/c5-2(4(8)9)1-3(6)7;1-2-3-4-5/h2,5H,1H2,(H,6,7)(H,8,9);5H,2-4H2,1H3. The third kappa shape index (κ3) is 13.4. The Kier molecular flexibility index (Phi) is 10.9. The molecule has 0 aromatic rings. The zero-order valence-corrected chi connectivity index (χ0v) is 8.01. The molecule has 6 heteroatoms. The third-order valence-electron chi connectivity index (χ3n) is 1.16. The fourth-order valence-corrected chi connectivity index (χ4v) is 0.411. The van der Waals surface area contributed by atoms with Gasteiger partial charge in [-0.25, -0.2) is 4.79 Å². The fourth-order valence-electron chi connectivity index (χ4n) is 0.411. The van der Waals surface area contributed by atoms with E-state index in [4.69, 9.17) is 20.4 Å². The maximum Gasteiger partial charge on any atom is 0.333 e. The highest BCUT2D eigenvalue weighted by Crippen LogP contribution is 1.89. The molecule has 0 saturated heterocycles. The van der Waals surface area contributed by atoms with Crippen molar-refractivity contribution >= 4 is 11.9 Å². The molecule has 0 aromatic carbocycles. The molecule has 0 aliphatic heterocycles. The lowest BCUT2D eigenvalue weighted by Gasteiger charge is -1.97. The largest absolute Gasteiger partial charge is 0.481 e. The molecule has 1 unspecified atom stereocenters. The van der Waals surface area contributed by atoms with Crippen molar-refractivity contribution in [2.24, 2.45) is 0 Å². The number of aliphatic hydroxyl groups is 2. The van der Waals surface area contributed by atoms with E-state index in [1.807, 2.05) is 0 Å². The maximum absolute atomic E-state index is 9.72. The number of rotatable bonds is 5. The van der Waals surface area contributed by atoms with E-state index in [2.05, 4.69) is 6.92 Å². The van der Waals surface area contributed by atoms with Crippen LogP contribution >= 0.6 is 0 Å². The summed E-state index contributed by atoms with van der Waals surface area (Å²) in [6, 6.07) is 0. The Morgan fingerprint density at radius 3 is 1.86 bits per heavy atom. The minimum absolute atomic E-state index is 0.344. The van der Waals surface area contributed by atoms with Gasteiger partial charge < -0.3 is 20.4 Å². The van der Waals surface area contributed by atoms with Crippen molar-refractivity contribution in [3.05, 3.63) is 0 Å². The molecule has 14 heavy (non-hydrogen) atoms. The Morgan fingerprint density at radius 2 is 1.79 bits per heavy atom. The highest BCUT2D eigenvalue weighted by Gasteiger charge is 2.16. The number of hydrogen-bond donors (Lipinski definition) is 4. The second kappa shape index (κ2) is 9.94. The Balaban J connectivity index is 0. The van der Waals surface area contributed by atoms with Gasteiger partial charge in [0.15, 0.2) is 6.10 Å². The molecule has 0 saturated carbocycles. The van der Waals surface area contributed by atoms with Gasteiger partial charge in [-0.3, -0.25) is 4.79 Å². The molecule has 84 valence electrons. The Morgan fingerprint density at radius 1 is 1.29 bits per heavy atom. The van der Waals surface area contributed by atoms with Crippen molar-refractivity contribution in [2.45, 2.75) is 32.3 Å². The molecule has 1 atom stereocenters. The number of hydrogen-bond acceptors (Lipinski definition) is 4. The first-order valence-corrected chi connectivity index (χ1v) is 4.19. The van der Waals surface area contributed by atoms with Crippen molar-refractivity contribution in [3.63, 3.8) is 0 Å². The van der Waals surface area contributed by atoms with Gasteiger partial charge >= 0.3 is 11.9 Å². The summed E-state index contributed by atoms with van der Waals surface area (Å²) in [4.78, 5) is 19.4. The molecule has 0 aliphatic rings. The van der Waals surface area contributed by atoms with Gasteiger partial charge in [0.25, 0.3) is 0 Å². The smallest absolute Gasteiger partial charge is 0.333 e. The SMILES string of the molecule is CCCCO.O=C(O)CC(O)C(=O)O. The Labute approximate surface area is 81.8 Å². The first-order valence-electron chi connectivity index (χ1n) is 4.19. The molecule has 6 nitrogen and oxygen atoms in total. The van der Waals surface area contributed by atoms with Crippen LogP contribution < -0.4 is 0 Å². The second-order valence-corrected chi connectivity index (χ2v) is 2.53. The zero-order valence-electron chi connectivity index (χ0n) is 8.01. The number of carboxylic acids is 2. The van der Waals surface area contributed by atoms with Crippen LogP contribution in [0.4, 0.5) is 0 Å². The van der Waals surface area contributed by atoms with E-state index in [1.165, 1.54) is 0 Å². The number of carboxylic acid groups (broad SMARTS) is 2. The summed E-state index contributed by atoms with van der Waals surface area (Å²) >= 11 is 0. The lowest BCUT2D eigenvalue weighted by atomic mass is 10.3. The molecule has 0 heterocycles. The molecule has 0 spiro atoms. The molecule has 0 bridgehead atoms. The average molecular weight is 208 g/mol. The maximum atomic E-state index is 9.72. The van der Waals surface area contributed by atoms with E-state index in [1.54, 1.807) is 0 Å². The summed E-state index contributed by atoms with van der Waals surface area (Å²) < 4.78 is 0. The molecule has 0 radical (unpaired) electrons. The molecule has 4 N–H and O–H groups in total. The molecular weight excluding hydrogens is 192 g/mol. The lowest BCUT2D eigenvalue weighted by molar-refractivity contribution is -0.152. The van der Waals surface area contributed by atoms with E-state index < -0.39 is 24.5 Å². The van der Waals surface area contributed by atoms with Crippen LogP contribution in [0, 0.1) is 0 Å². The number of carbonyl (C=O) groups is 2. The molecule has 0 aromatic heterocycles. The summed E-state index contributed by atoms with van der Waals surface area (Å²) in [5, 5.41) is 32.2. The number of unbranched alkanes of at least 4 members (excludes halogenated alkanes) is 1. The second-order valence-electron chi connectivity index (χ2n) is 2.53. The van der Waals surface area contributed by atoms with Crippen molar-refractivity contribution < 1.29 is 30.0 Å². The normalized spacial score (nSPS) is 11.1. The van der Waals surface area contributed by atoms with E-state index in [9.17, 15) is 9.59 Å². The predicted octanol–water partition coefficient (Wildman–Crippen LogP) is -0.315. The van der Waals surface area contributed by atoms with E-state index in [0.29, 0.717) is 6.61 Å². The summed E-state index contributed by atoms with van der Waals surface area (Å²) in [6.45, 7) is 2.40. The molecular formula is C8H16O6. The van der Waals surface area contributed by atoms with Gasteiger partial charge in [-0.05, 0) is 6.42 Å². The minimum Gasteiger partial charge on any atom is -0.481 e. The molecule has 0 aliphatic carbocycles. The van der Waals surface area contributed by atoms with Crippen LogP contribution in [-0.4, -0.2) is 45.1 Å². The first kappa shape index (κ1) is 15.3. The van der Waals surface area contributed by atoms with Crippen LogP contribution in [0.3, 0.4) is 0 Å². The number of aliphatic carboxylic acids is 2. The van der Waals surface area contributed by atoms with Gasteiger partial charge in [0, 0.05) is 6.61 Å². The predicted molar refractivity (Wildman–Crippen MR) is 47.9 cm³/mol. The lowest BCUT2D eigenvalue weighted by Crippen LogP contribution is -2.22. The van der Waals surface area contributed by atoms with Crippen LogP contribution in [0.15, 0.2) is 0 Å². The van der Waals surface area contributed by atoms with E-state index in [-0.39, 0.29) is 0 Å². The summed E-state index contributed by atoms with van der Waals surface area (Å²) in [5.41, 5.74) is 0. The number of aliphatic hydroxyl groups excluding tert-OH is 2. The topological polar surface area (TPSA) is 115 Å². The summed E-state index contributed by atoms with van der Waals surface area (Å²) in [5.74, 6) is -2.85. The molecule has 0 rings (SSSR count). The van der Waals surface area contributed by atoms with Crippen LogP contribution in [0.2, 0.25) is 0 Å². The van der Waals surface area contributed by atoms with Crippen molar-refractivity contribution in [1.29, 1.82) is 0 Å². The van der Waals surface area contributed by atoms with Crippen molar-refractivity contribution in [1.82, 2.24) is 0 Å². The molecule has 0 fully saturated rings. The average Bonchev–Trinajstić information content (AvgIpc) is 2.05. The zero-order chi connectivity index (χ0) is 11.6. The fraction of sp³-hybridized carbons (Fsp3) is 0.750. The first-order chi connectivity index (χ1) is 6.45. The van der Waals surface area contributed by atoms with Gasteiger partial charge in [-0.2, -0.15) is 0 Å². The van der Waals surface area contributed by atoms with Gasteiger partial charge in [0.1, 0.15) is 0 Å². The van der Waals surface area contributed by atoms with Gasteiger partial charge in [0.2, 0.25) is 0 Å². The summed E-state index contributed by atoms with van der Waals surface area (Å²) in [7, 11) is 0. The Bertz CT molecular complexity index is 165. The highest BCUT2D eigenvalue weighted by atomic mass is 16.4. The third-order valence-corrected chi connectivity index (χ3v) is 1.16. The van der Waals surface area contributed by atoms with Gasteiger partial charge in [-0.1, -0.05) is 13.3 Å². The van der Waals surface area contributed by atoms with Crippen LogP contribution in [-0.2, 0) is 9.59 Å². The monoisotopic (exact) mass is 208 g/mol. The van der Waals surface area contributed by atoms with Crippen molar-refractivity contribution in [3.8, 4) is 0 Å². The van der Waals surface area contributed by atoms with Crippen molar-refractivity contribution in [2.75, 3.05) is 6.61 Å². The highest BCUT2D eigenvalue weighted by molar-refractivity contribution is 5.79. The van der Waals surface area contributed by atoms with Crippen LogP contribution in [0.5, 0.6) is 0 Å². The quantitative estimate of drug-likeness (QED) is 0.492. The van der Waals surface area contributed by atoms with Crippen LogP contribution in [0.25, 0.3) is 0 Å². The van der Waals surface area contributed by atoms with Crippen LogP contribution in [0.1, 0.15) is 26.2 Å². The Hall–Kier alpha value is -1.14. The van der Waals surface area contributed by atoms with E-state index >= 15 is 0 Å². The summed E-state index contributed by atoms with van der Waals surface area (Å²) in [6.07, 6.45) is -0.506.